The standard InChI is InChI=1S/C16H32O4Si/c1-13(14(2)15(11-17)19-12-18-6)9-10-20-21(7,8)16(3,4)5/h9,11,14-15H,10,12H2,1-8H3/b13-9+/t14-,15+/m1/s1. The van der Waals surface area contributed by atoms with Crippen LogP contribution in [0.2, 0.25) is 18.1 Å². The molecule has 0 fully saturated rings. The zero-order valence-corrected chi connectivity index (χ0v) is 15.9. The van der Waals surface area contributed by atoms with Gasteiger partial charge in [0.15, 0.2) is 8.32 Å². The average molecular weight is 317 g/mol. The van der Waals surface area contributed by atoms with Crippen LogP contribution < -0.4 is 0 Å². The largest absolute Gasteiger partial charge is 0.413 e. The van der Waals surface area contributed by atoms with E-state index in [1.165, 1.54) is 0 Å². The van der Waals surface area contributed by atoms with Crippen molar-refractivity contribution in [2.45, 2.75) is 58.9 Å². The SMILES string of the molecule is COCO[C@@H](C=O)[C@H](C)/C(C)=C/CO[Si](C)(C)C(C)(C)C. The molecular weight excluding hydrogens is 284 g/mol. The smallest absolute Gasteiger partial charge is 0.192 e. The van der Waals surface area contributed by atoms with Crippen LogP contribution in [-0.4, -0.2) is 41.2 Å². The van der Waals surface area contributed by atoms with Gasteiger partial charge in [0.25, 0.3) is 0 Å². The van der Waals surface area contributed by atoms with Crippen molar-refractivity contribution in [3.05, 3.63) is 11.6 Å². The molecule has 0 aliphatic heterocycles. The molecule has 0 aromatic heterocycles. The topological polar surface area (TPSA) is 44.8 Å². The van der Waals surface area contributed by atoms with E-state index in [-0.39, 0.29) is 17.7 Å². The molecule has 0 heterocycles. The van der Waals surface area contributed by atoms with Crippen LogP contribution in [0.15, 0.2) is 11.6 Å². The summed E-state index contributed by atoms with van der Waals surface area (Å²) in [5, 5.41) is 0.202. The van der Waals surface area contributed by atoms with Crippen LogP contribution in [0.1, 0.15) is 34.6 Å². The summed E-state index contributed by atoms with van der Waals surface area (Å²) in [4.78, 5) is 11.1. The monoisotopic (exact) mass is 316 g/mol. The van der Waals surface area contributed by atoms with Crippen LogP contribution in [0, 0.1) is 5.92 Å². The van der Waals surface area contributed by atoms with Gasteiger partial charge >= 0.3 is 0 Å². The third kappa shape index (κ3) is 6.87. The molecule has 5 heteroatoms. The van der Waals surface area contributed by atoms with E-state index in [0.29, 0.717) is 6.61 Å². The highest BCUT2D eigenvalue weighted by Crippen LogP contribution is 2.36. The van der Waals surface area contributed by atoms with Gasteiger partial charge in [-0.05, 0) is 25.1 Å². The molecule has 0 saturated carbocycles. The lowest BCUT2D eigenvalue weighted by atomic mass is 9.97. The number of aldehydes is 1. The van der Waals surface area contributed by atoms with Gasteiger partial charge in [-0.25, -0.2) is 0 Å². The summed E-state index contributed by atoms with van der Waals surface area (Å²) in [5.41, 5.74) is 1.10. The third-order valence-electron chi connectivity index (χ3n) is 4.38. The number of methoxy groups -OCH3 is 1. The number of ether oxygens (including phenoxy) is 2. The van der Waals surface area contributed by atoms with Crippen molar-refractivity contribution in [3.63, 3.8) is 0 Å². The zero-order chi connectivity index (χ0) is 16.7. The van der Waals surface area contributed by atoms with Crippen molar-refractivity contribution in [3.8, 4) is 0 Å². The van der Waals surface area contributed by atoms with Crippen molar-refractivity contribution in [1.29, 1.82) is 0 Å². The van der Waals surface area contributed by atoms with Crippen molar-refractivity contribution in [2.24, 2.45) is 5.92 Å². The van der Waals surface area contributed by atoms with Crippen LogP contribution in [0.3, 0.4) is 0 Å². The molecule has 4 nitrogen and oxygen atoms in total. The van der Waals surface area contributed by atoms with E-state index >= 15 is 0 Å². The third-order valence-corrected chi connectivity index (χ3v) is 8.88. The molecule has 2 atom stereocenters. The van der Waals surface area contributed by atoms with Crippen LogP contribution in [0.5, 0.6) is 0 Å². The first-order valence-electron chi connectivity index (χ1n) is 7.43. The average Bonchev–Trinajstić information content (AvgIpc) is 2.37. The first-order valence-corrected chi connectivity index (χ1v) is 10.3. The molecule has 0 N–H and O–H groups in total. The molecular formula is C16H32O4Si. The van der Waals surface area contributed by atoms with E-state index < -0.39 is 14.4 Å². The maximum absolute atomic E-state index is 11.1. The molecule has 0 radical (unpaired) electrons. The summed E-state index contributed by atoms with van der Waals surface area (Å²) >= 11 is 0. The molecule has 0 bridgehead atoms. The number of hydrogen-bond acceptors (Lipinski definition) is 4. The maximum Gasteiger partial charge on any atom is 0.192 e. The number of hydrogen-bond donors (Lipinski definition) is 0. The lowest BCUT2D eigenvalue weighted by Crippen LogP contribution is -2.40. The zero-order valence-electron chi connectivity index (χ0n) is 14.9. The Kier molecular flexibility index (Phi) is 8.62. The van der Waals surface area contributed by atoms with Gasteiger partial charge in [-0.2, -0.15) is 0 Å². The first-order chi connectivity index (χ1) is 9.56. The van der Waals surface area contributed by atoms with E-state index in [9.17, 15) is 4.79 Å². The van der Waals surface area contributed by atoms with Crippen molar-refractivity contribution in [2.75, 3.05) is 20.5 Å². The van der Waals surface area contributed by atoms with E-state index in [1.54, 1.807) is 7.11 Å². The quantitative estimate of drug-likeness (QED) is 0.281. The predicted molar refractivity (Wildman–Crippen MR) is 88.9 cm³/mol. The molecule has 0 saturated heterocycles. The minimum absolute atomic E-state index is 0.0145. The molecule has 0 unspecified atom stereocenters. The molecule has 0 rings (SSSR count). The lowest BCUT2D eigenvalue weighted by molar-refractivity contribution is -0.131. The van der Waals surface area contributed by atoms with Gasteiger partial charge in [0.2, 0.25) is 0 Å². The van der Waals surface area contributed by atoms with Gasteiger partial charge in [0, 0.05) is 13.0 Å². The Hall–Kier alpha value is -0.493. The Labute approximate surface area is 131 Å². The minimum Gasteiger partial charge on any atom is -0.413 e. The Bertz CT molecular complexity index is 345. The summed E-state index contributed by atoms with van der Waals surface area (Å²) in [6.07, 6.45) is 2.40. The molecule has 124 valence electrons. The first kappa shape index (κ1) is 20.5. The highest BCUT2D eigenvalue weighted by Gasteiger charge is 2.36. The highest BCUT2D eigenvalue weighted by atomic mass is 28.4. The summed E-state index contributed by atoms with van der Waals surface area (Å²) in [5.74, 6) is 0.0145. The van der Waals surface area contributed by atoms with Crippen LogP contribution in [-0.2, 0) is 18.7 Å². The molecule has 0 aliphatic rings. The van der Waals surface area contributed by atoms with Crippen LogP contribution >= 0.6 is 0 Å². The fourth-order valence-electron chi connectivity index (χ4n) is 1.49. The molecule has 21 heavy (non-hydrogen) atoms. The van der Waals surface area contributed by atoms with Crippen molar-refractivity contribution >= 4 is 14.6 Å². The normalized spacial score (nSPS) is 16.7. The second-order valence-corrected chi connectivity index (χ2v) is 11.8. The molecule has 0 aromatic carbocycles. The van der Waals surface area contributed by atoms with Gasteiger partial charge < -0.3 is 18.7 Å². The Morgan fingerprint density at radius 2 is 1.86 bits per heavy atom. The van der Waals surface area contributed by atoms with E-state index in [0.717, 1.165) is 11.9 Å². The highest BCUT2D eigenvalue weighted by molar-refractivity contribution is 6.74. The van der Waals surface area contributed by atoms with Crippen molar-refractivity contribution in [1.82, 2.24) is 0 Å². The minimum atomic E-state index is -1.73. The van der Waals surface area contributed by atoms with E-state index in [1.807, 2.05) is 13.8 Å². The molecule has 0 amide bonds. The number of rotatable bonds is 9. The second-order valence-electron chi connectivity index (χ2n) is 6.98. The number of carbonyl (C=O) groups excluding carboxylic acids is 1. The second kappa shape index (κ2) is 8.83. The fraction of sp³-hybridized carbons (Fsp3) is 0.812. The van der Waals surface area contributed by atoms with Crippen molar-refractivity contribution < 1.29 is 18.7 Å². The van der Waals surface area contributed by atoms with Gasteiger partial charge in [0.1, 0.15) is 19.2 Å². The van der Waals surface area contributed by atoms with Crippen LogP contribution in [0.25, 0.3) is 0 Å². The Morgan fingerprint density at radius 1 is 1.29 bits per heavy atom. The number of carbonyl (C=O) groups is 1. The summed E-state index contributed by atoms with van der Waals surface area (Å²) in [6, 6.07) is 0. The molecule has 0 aromatic rings. The Balaban J connectivity index is 4.56. The summed E-state index contributed by atoms with van der Waals surface area (Å²) < 4.78 is 16.3. The fourth-order valence-corrected chi connectivity index (χ4v) is 2.42. The summed E-state index contributed by atoms with van der Waals surface area (Å²) in [6.45, 7) is 15.8. The van der Waals surface area contributed by atoms with Gasteiger partial charge in [-0.15, -0.1) is 0 Å². The van der Waals surface area contributed by atoms with E-state index in [2.05, 4.69) is 39.9 Å². The van der Waals surface area contributed by atoms with E-state index in [4.69, 9.17) is 13.9 Å². The predicted octanol–water partition coefficient (Wildman–Crippen LogP) is 3.78. The summed E-state index contributed by atoms with van der Waals surface area (Å²) in [7, 11) is -0.184. The van der Waals surface area contributed by atoms with Gasteiger partial charge in [-0.1, -0.05) is 39.3 Å². The Morgan fingerprint density at radius 3 is 2.29 bits per heavy atom. The van der Waals surface area contributed by atoms with Gasteiger partial charge in [-0.3, -0.25) is 0 Å². The van der Waals surface area contributed by atoms with Crippen LogP contribution in [0.4, 0.5) is 0 Å². The molecule has 0 aliphatic carbocycles. The molecule has 0 spiro atoms. The van der Waals surface area contributed by atoms with Gasteiger partial charge in [0.05, 0.1) is 6.61 Å². The lowest BCUT2D eigenvalue weighted by Gasteiger charge is -2.35. The maximum atomic E-state index is 11.1.